The van der Waals surface area contributed by atoms with Gasteiger partial charge in [-0.1, -0.05) is 25.8 Å². The Morgan fingerprint density at radius 2 is 2.11 bits per heavy atom. The minimum Gasteiger partial charge on any atom is -0.300 e. The third kappa shape index (κ3) is 2.63. The molecule has 0 amide bonds. The van der Waals surface area contributed by atoms with Crippen LogP contribution in [0.2, 0.25) is 0 Å². The monoisotopic (exact) mass is 277 g/mol. The second kappa shape index (κ2) is 5.76. The SMILES string of the molecule is CCCC(c1cccs1)N1C2CCCC1CC(=O)C2. The van der Waals surface area contributed by atoms with E-state index >= 15 is 0 Å². The fourth-order valence-electron chi connectivity index (χ4n) is 3.91. The molecular formula is C16H23NOS. The Bertz CT molecular complexity index is 412. The van der Waals surface area contributed by atoms with E-state index in [4.69, 9.17) is 0 Å². The van der Waals surface area contributed by atoms with E-state index < -0.39 is 0 Å². The molecule has 0 radical (unpaired) electrons. The summed E-state index contributed by atoms with van der Waals surface area (Å²) < 4.78 is 0. The summed E-state index contributed by atoms with van der Waals surface area (Å²) in [6, 6.07) is 6.01. The van der Waals surface area contributed by atoms with E-state index in [-0.39, 0.29) is 0 Å². The average Bonchev–Trinajstić information content (AvgIpc) is 2.89. The zero-order valence-corrected chi connectivity index (χ0v) is 12.5. The molecule has 3 unspecified atom stereocenters. The molecule has 0 aliphatic carbocycles. The van der Waals surface area contributed by atoms with Crippen molar-refractivity contribution in [3.8, 4) is 0 Å². The van der Waals surface area contributed by atoms with Crippen molar-refractivity contribution >= 4 is 17.1 Å². The smallest absolute Gasteiger partial charge is 0.136 e. The number of Topliss-reactive ketones (excluding diaryl/α,β-unsaturated/α-hetero) is 1. The van der Waals surface area contributed by atoms with Gasteiger partial charge in [0.05, 0.1) is 0 Å². The van der Waals surface area contributed by atoms with Gasteiger partial charge in [-0.25, -0.2) is 0 Å². The van der Waals surface area contributed by atoms with Crippen LogP contribution in [0.15, 0.2) is 17.5 Å². The number of carbonyl (C=O) groups excluding carboxylic acids is 1. The summed E-state index contributed by atoms with van der Waals surface area (Å²) in [6.07, 6.45) is 7.77. The lowest BCUT2D eigenvalue weighted by molar-refractivity contribution is -0.129. The molecule has 2 fully saturated rings. The van der Waals surface area contributed by atoms with Crippen molar-refractivity contribution in [1.82, 2.24) is 4.90 Å². The molecule has 104 valence electrons. The molecule has 2 nitrogen and oxygen atoms in total. The first-order valence-corrected chi connectivity index (χ1v) is 8.50. The second-order valence-electron chi connectivity index (χ2n) is 5.95. The van der Waals surface area contributed by atoms with Gasteiger partial charge in [-0.05, 0) is 30.7 Å². The minimum atomic E-state index is 0.493. The average molecular weight is 277 g/mol. The second-order valence-corrected chi connectivity index (χ2v) is 6.93. The molecule has 2 aliphatic rings. The Morgan fingerprint density at radius 3 is 2.68 bits per heavy atom. The standard InChI is InChI=1S/C16H23NOS/c1-2-5-15(16-8-4-9-19-16)17-12-6-3-7-13(17)11-14(18)10-12/h4,8-9,12-13,15H,2-3,5-7,10-11H2,1H3. The lowest BCUT2D eigenvalue weighted by atomic mass is 9.82. The van der Waals surface area contributed by atoms with Crippen molar-refractivity contribution in [3.05, 3.63) is 22.4 Å². The van der Waals surface area contributed by atoms with Crippen molar-refractivity contribution in [1.29, 1.82) is 0 Å². The summed E-state index contributed by atoms with van der Waals surface area (Å²) in [4.78, 5) is 16.1. The topological polar surface area (TPSA) is 20.3 Å². The molecule has 19 heavy (non-hydrogen) atoms. The van der Waals surface area contributed by atoms with Crippen molar-refractivity contribution in [3.63, 3.8) is 0 Å². The highest BCUT2D eigenvalue weighted by molar-refractivity contribution is 7.10. The maximum atomic E-state index is 11.9. The van der Waals surface area contributed by atoms with E-state index in [0.29, 0.717) is 23.9 Å². The first-order valence-electron chi connectivity index (χ1n) is 7.62. The van der Waals surface area contributed by atoms with Gasteiger partial charge in [-0.2, -0.15) is 0 Å². The quantitative estimate of drug-likeness (QED) is 0.823. The fraction of sp³-hybridized carbons (Fsp3) is 0.688. The van der Waals surface area contributed by atoms with Crippen LogP contribution in [0.4, 0.5) is 0 Å². The number of fused-ring (bicyclic) bond motifs is 2. The van der Waals surface area contributed by atoms with Gasteiger partial charge in [-0.15, -0.1) is 11.3 Å². The molecule has 2 saturated heterocycles. The van der Waals surface area contributed by atoms with Crippen LogP contribution in [0.25, 0.3) is 0 Å². The Kier molecular flexibility index (Phi) is 4.04. The molecule has 3 rings (SSSR count). The van der Waals surface area contributed by atoms with Gasteiger partial charge in [0.2, 0.25) is 0 Å². The van der Waals surface area contributed by atoms with Crippen molar-refractivity contribution in [2.24, 2.45) is 0 Å². The molecule has 1 aromatic heterocycles. The third-order valence-electron chi connectivity index (χ3n) is 4.64. The molecule has 2 bridgehead atoms. The molecule has 3 heteroatoms. The number of ketones is 1. The Hall–Kier alpha value is -0.670. The lowest BCUT2D eigenvalue weighted by Gasteiger charge is -2.49. The highest BCUT2D eigenvalue weighted by Gasteiger charge is 2.41. The Balaban J connectivity index is 1.87. The summed E-state index contributed by atoms with van der Waals surface area (Å²) in [6.45, 7) is 2.27. The van der Waals surface area contributed by atoms with Gasteiger partial charge in [-0.3, -0.25) is 9.69 Å². The molecule has 0 saturated carbocycles. The van der Waals surface area contributed by atoms with Crippen LogP contribution in [0.1, 0.15) is 62.8 Å². The van der Waals surface area contributed by atoms with Crippen LogP contribution in [0, 0.1) is 0 Å². The molecule has 2 aliphatic heterocycles. The first kappa shape index (κ1) is 13.3. The highest BCUT2D eigenvalue weighted by atomic mass is 32.1. The van der Waals surface area contributed by atoms with Crippen LogP contribution in [-0.4, -0.2) is 22.8 Å². The lowest BCUT2D eigenvalue weighted by Crippen LogP contribution is -2.53. The largest absolute Gasteiger partial charge is 0.300 e. The normalized spacial score (nSPS) is 29.4. The minimum absolute atomic E-state index is 0.493. The summed E-state index contributed by atoms with van der Waals surface area (Å²) in [5.41, 5.74) is 0. The Morgan fingerprint density at radius 1 is 1.37 bits per heavy atom. The van der Waals surface area contributed by atoms with Crippen molar-refractivity contribution < 1.29 is 4.79 Å². The highest BCUT2D eigenvalue weighted by Crippen LogP contribution is 2.41. The summed E-state index contributed by atoms with van der Waals surface area (Å²) in [5, 5.41) is 2.18. The Labute approximate surface area is 119 Å². The molecule has 0 aromatic carbocycles. The van der Waals surface area contributed by atoms with Gasteiger partial charge < -0.3 is 0 Å². The van der Waals surface area contributed by atoms with Crippen molar-refractivity contribution in [2.45, 2.75) is 70.0 Å². The number of thiophene rings is 1. The molecule has 0 spiro atoms. The maximum absolute atomic E-state index is 11.9. The number of piperidine rings is 2. The van der Waals surface area contributed by atoms with Gasteiger partial charge in [0.15, 0.2) is 0 Å². The van der Waals surface area contributed by atoms with Crippen LogP contribution < -0.4 is 0 Å². The van der Waals surface area contributed by atoms with Gasteiger partial charge >= 0.3 is 0 Å². The van der Waals surface area contributed by atoms with Gasteiger partial charge in [0, 0.05) is 35.8 Å². The maximum Gasteiger partial charge on any atom is 0.136 e. The predicted molar refractivity (Wildman–Crippen MR) is 79.5 cm³/mol. The van der Waals surface area contributed by atoms with E-state index in [1.807, 2.05) is 11.3 Å². The molecular weight excluding hydrogens is 254 g/mol. The van der Waals surface area contributed by atoms with Crippen LogP contribution in [-0.2, 0) is 4.79 Å². The van der Waals surface area contributed by atoms with E-state index in [1.165, 1.54) is 37.0 Å². The number of hydrogen-bond acceptors (Lipinski definition) is 3. The molecule has 0 N–H and O–H groups in total. The van der Waals surface area contributed by atoms with E-state index in [2.05, 4.69) is 29.3 Å². The molecule has 3 atom stereocenters. The predicted octanol–water partition coefficient (Wildman–Crippen LogP) is 4.18. The van der Waals surface area contributed by atoms with Crippen LogP contribution in [0.3, 0.4) is 0 Å². The van der Waals surface area contributed by atoms with Crippen LogP contribution >= 0.6 is 11.3 Å². The number of nitrogens with zero attached hydrogens (tertiary/aromatic N) is 1. The zero-order chi connectivity index (χ0) is 13.2. The summed E-state index contributed by atoms with van der Waals surface area (Å²) in [5.74, 6) is 0.493. The molecule has 1 aromatic rings. The number of carbonyl (C=O) groups is 1. The zero-order valence-electron chi connectivity index (χ0n) is 11.7. The van der Waals surface area contributed by atoms with E-state index in [1.54, 1.807) is 0 Å². The number of hydrogen-bond donors (Lipinski definition) is 0. The number of rotatable bonds is 4. The first-order chi connectivity index (χ1) is 9.29. The summed E-state index contributed by atoms with van der Waals surface area (Å²) in [7, 11) is 0. The van der Waals surface area contributed by atoms with Crippen LogP contribution in [0.5, 0.6) is 0 Å². The fourth-order valence-corrected chi connectivity index (χ4v) is 4.78. The van der Waals surface area contributed by atoms with E-state index in [9.17, 15) is 4.79 Å². The third-order valence-corrected chi connectivity index (χ3v) is 5.61. The molecule has 3 heterocycles. The summed E-state index contributed by atoms with van der Waals surface area (Å²) >= 11 is 1.88. The van der Waals surface area contributed by atoms with Gasteiger partial charge in [0.1, 0.15) is 5.78 Å². The van der Waals surface area contributed by atoms with E-state index in [0.717, 1.165) is 12.8 Å². The van der Waals surface area contributed by atoms with Gasteiger partial charge in [0.25, 0.3) is 0 Å². The van der Waals surface area contributed by atoms with Crippen molar-refractivity contribution in [2.75, 3.05) is 0 Å².